The molecule has 1 atom stereocenters. The highest BCUT2D eigenvalue weighted by molar-refractivity contribution is 5.80. The molecule has 0 saturated carbocycles. The summed E-state index contributed by atoms with van der Waals surface area (Å²) in [6.45, 7) is 8.77. The lowest BCUT2D eigenvalue weighted by Crippen LogP contribution is -2.52. The maximum Gasteiger partial charge on any atom is 0.193 e. The molecule has 2 aromatic heterocycles. The molecule has 0 bridgehead atoms. The van der Waals surface area contributed by atoms with Gasteiger partial charge in [-0.2, -0.15) is 5.10 Å². The number of nitrogens with zero attached hydrogens (tertiary/aromatic N) is 6. The van der Waals surface area contributed by atoms with E-state index in [-0.39, 0.29) is 0 Å². The van der Waals surface area contributed by atoms with Crippen LogP contribution in [-0.4, -0.2) is 70.5 Å². The van der Waals surface area contributed by atoms with Crippen LogP contribution in [0.1, 0.15) is 12.6 Å². The Hall–Kier alpha value is -2.35. The lowest BCUT2D eigenvalue weighted by atomic mass is 10.2. The molecule has 1 fully saturated rings. The molecule has 3 rings (SSSR count). The Balaban J connectivity index is 1.41. The second-order valence-corrected chi connectivity index (χ2v) is 6.52. The van der Waals surface area contributed by atoms with Gasteiger partial charge in [-0.25, -0.2) is 0 Å². The fourth-order valence-corrected chi connectivity index (χ4v) is 3.06. The molecule has 1 unspecified atom stereocenters. The van der Waals surface area contributed by atoms with Gasteiger partial charge in [0, 0.05) is 71.3 Å². The van der Waals surface area contributed by atoms with Crippen LogP contribution in [0.15, 0.2) is 40.3 Å². The molecule has 3 heterocycles. The zero-order chi connectivity index (χ0) is 17.5. The summed E-state index contributed by atoms with van der Waals surface area (Å²) < 4.78 is 6.87. The number of hydrogen-bond donors (Lipinski definition) is 1. The van der Waals surface area contributed by atoms with Crippen LogP contribution in [0.2, 0.25) is 0 Å². The minimum Gasteiger partial charge on any atom is -0.364 e. The van der Waals surface area contributed by atoms with Gasteiger partial charge in [-0.1, -0.05) is 12.1 Å². The Kier molecular flexibility index (Phi) is 6.05. The first-order valence-corrected chi connectivity index (χ1v) is 8.79. The molecular weight excluding hydrogens is 318 g/mol. The molecule has 0 radical (unpaired) electrons. The van der Waals surface area contributed by atoms with Crippen molar-refractivity contribution in [3.63, 3.8) is 0 Å². The van der Waals surface area contributed by atoms with E-state index in [4.69, 9.17) is 4.52 Å². The zero-order valence-corrected chi connectivity index (χ0v) is 15.0. The number of rotatable bonds is 6. The Bertz CT molecular complexity index is 630. The van der Waals surface area contributed by atoms with E-state index in [1.165, 1.54) is 0 Å². The van der Waals surface area contributed by atoms with Crippen molar-refractivity contribution in [1.29, 1.82) is 0 Å². The lowest BCUT2D eigenvalue weighted by molar-refractivity contribution is 0.168. The maximum absolute atomic E-state index is 4.90. The molecule has 8 heteroatoms. The first-order chi connectivity index (χ1) is 12.2. The van der Waals surface area contributed by atoms with Crippen LogP contribution < -0.4 is 5.32 Å². The summed E-state index contributed by atoms with van der Waals surface area (Å²) in [6, 6.07) is 3.88. The Labute approximate surface area is 148 Å². The third-order valence-corrected chi connectivity index (χ3v) is 4.43. The van der Waals surface area contributed by atoms with Crippen LogP contribution in [0.25, 0.3) is 0 Å². The first kappa shape index (κ1) is 17.5. The predicted molar refractivity (Wildman–Crippen MR) is 96.1 cm³/mol. The Morgan fingerprint density at radius 3 is 2.84 bits per heavy atom. The molecule has 0 amide bonds. The molecule has 25 heavy (non-hydrogen) atoms. The van der Waals surface area contributed by atoms with Crippen LogP contribution in [0.5, 0.6) is 0 Å². The fraction of sp³-hybridized carbons (Fsp3) is 0.588. The Morgan fingerprint density at radius 2 is 2.20 bits per heavy atom. The van der Waals surface area contributed by atoms with E-state index in [1.807, 2.05) is 36.3 Å². The van der Waals surface area contributed by atoms with Crippen LogP contribution in [0, 0.1) is 5.92 Å². The molecule has 8 nitrogen and oxygen atoms in total. The monoisotopic (exact) mass is 345 g/mol. The summed E-state index contributed by atoms with van der Waals surface area (Å²) in [6.07, 6.45) is 5.44. The third kappa shape index (κ3) is 5.06. The molecular formula is C17H27N7O. The summed E-state index contributed by atoms with van der Waals surface area (Å²) in [4.78, 5) is 9.15. The van der Waals surface area contributed by atoms with Crippen molar-refractivity contribution >= 4 is 5.96 Å². The van der Waals surface area contributed by atoms with Crippen molar-refractivity contribution < 1.29 is 4.52 Å². The lowest BCUT2D eigenvalue weighted by Gasteiger charge is -2.36. The Morgan fingerprint density at radius 1 is 1.36 bits per heavy atom. The van der Waals surface area contributed by atoms with Gasteiger partial charge in [-0.3, -0.25) is 14.6 Å². The fourth-order valence-electron chi connectivity index (χ4n) is 3.06. The van der Waals surface area contributed by atoms with E-state index in [0.717, 1.165) is 57.5 Å². The molecule has 0 spiro atoms. The average Bonchev–Trinajstić information content (AvgIpc) is 3.31. The normalized spacial score (nSPS) is 17.7. The zero-order valence-electron chi connectivity index (χ0n) is 15.0. The third-order valence-electron chi connectivity index (χ3n) is 4.43. The van der Waals surface area contributed by atoms with E-state index in [1.54, 1.807) is 6.26 Å². The van der Waals surface area contributed by atoms with Crippen LogP contribution in [0.3, 0.4) is 0 Å². The van der Waals surface area contributed by atoms with Gasteiger partial charge >= 0.3 is 0 Å². The highest BCUT2D eigenvalue weighted by Crippen LogP contribution is 2.07. The van der Waals surface area contributed by atoms with E-state index >= 15 is 0 Å². The number of guanidine groups is 1. The standard InChI is InChI=1S/C17H27N7O/c1-15(13-24-6-3-5-20-24)12-19-17(18-2)23-9-7-22(8-10-23)14-16-4-11-25-21-16/h3-6,11,15H,7-10,12-14H2,1-2H3,(H,18,19). The molecule has 1 N–H and O–H groups in total. The SMILES string of the molecule is CN=C(NCC(C)Cn1cccn1)N1CCN(Cc2ccon2)CC1. The van der Waals surface area contributed by atoms with Gasteiger partial charge in [0.25, 0.3) is 0 Å². The van der Waals surface area contributed by atoms with Crippen molar-refractivity contribution in [3.8, 4) is 0 Å². The van der Waals surface area contributed by atoms with Crippen molar-refractivity contribution in [2.24, 2.45) is 10.9 Å². The number of hydrogen-bond acceptors (Lipinski definition) is 5. The number of piperazine rings is 1. The number of aliphatic imine (C=N–C) groups is 1. The minimum absolute atomic E-state index is 0.477. The average molecular weight is 345 g/mol. The van der Waals surface area contributed by atoms with Gasteiger partial charge in [0.05, 0.1) is 5.69 Å². The molecule has 2 aromatic rings. The topological polar surface area (TPSA) is 74.7 Å². The van der Waals surface area contributed by atoms with E-state index in [9.17, 15) is 0 Å². The summed E-state index contributed by atoms with van der Waals surface area (Å²) in [5.74, 6) is 1.46. The van der Waals surface area contributed by atoms with Gasteiger partial charge in [0.2, 0.25) is 0 Å². The summed E-state index contributed by atoms with van der Waals surface area (Å²) >= 11 is 0. The maximum atomic E-state index is 4.90. The number of nitrogens with one attached hydrogen (secondary N) is 1. The molecule has 1 saturated heterocycles. The highest BCUT2D eigenvalue weighted by Gasteiger charge is 2.20. The van der Waals surface area contributed by atoms with Gasteiger partial charge in [0.1, 0.15) is 6.26 Å². The van der Waals surface area contributed by atoms with Crippen LogP contribution in [-0.2, 0) is 13.1 Å². The summed E-state index contributed by atoms with van der Waals surface area (Å²) in [5, 5.41) is 11.8. The van der Waals surface area contributed by atoms with E-state index < -0.39 is 0 Å². The van der Waals surface area contributed by atoms with Gasteiger partial charge in [0.15, 0.2) is 5.96 Å². The molecule has 136 valence electrons. The second kappa shape index (κ2) is 8.66. The quantitative estimate of drug-likeness (QED) is 0.619. The van der Waals surface area contributed by atoms with Crippen LogP contribution >= 0.6 is 0 Å². The highest BCUT2D eigenvalue weighted by atomic mass is 16.5. The van der Waals surface area contributed by atoms with Gasteiger partial charge in [-0.15, -0.1) is 0 Å². The van der Waals surface area contributed by atoms with Crippen LogP contribution in [0.4, 0.5) is 0 Å². The molecule has 1 aliphatic rings. The van der Waals surface area contributed by atoms with Crippen molar-refractivity contribution in [2.45, 2.75) is 20.0 Å². The second-order valence-electron chi connectivity index (χ2n) is 6.52. The largest absolute Gasteiger partial charge is 0.364 e. The summed E-state index contributed by atoms with van der Waals surface area (Å²) in [7, 11) is 1.85. The smallest absolute Gasteiger partial charge is 0.193 e. The van der Waals surface area contributed by atoms with Gasteiger partial charge in [-0.05, 0) is 12.0 Å². The summed E-state index contributed by atoms with van der Waals surface area (Å²) in [5.41, 5.74) is 0.989. The van der Waals surface area contributed by atoms with E-state index in [0.29, 0.717) is 5.92 Å². The van der Waals surface area contributed by atoms with Crippen molar-refractivity contribution in [1.82, 2.24) is 30.1 Å². The number of aromatic nitrogens is 3. The van der Waals surface area contributed by atoms with E-state index in [2.05, 4.69) is 37.3 Å². The van der Waals surface area contributed by atoms with Gasteiger partial charge < -0.3 is 14.7 Å². The van der Waals surface area contributed by atoms with Crippen molar-refractivity contribution in [3.05, 3.63) is 36.5 Å². The molecule has 1 aliphatic heterocycles. The van der Waals surface area contributed by atoms with Crippen molar-refractivity contribution in [2.75, 3.05) is 39.8 Å². The minimum atomic E-state index is 0.477. The first-order valence-electron chi connectivity index (χ1n) is 8.79. The predicted octanol–water partition coefficient (Wildman–Crippen LogP) is 0.900. The molecule has 0 aromatic carbocycles. The molecule has 0 aliphatic carbocycles.